The van der Waals surface area contributed by atoms with Crippen LogP contribution in [0.3, 0.4) is 0 Å². The Morgan fingerprint density at radius 3 is 2.35 bits per heavy atom. The molecule has 0 fully saturated rings. The predicted octanol–water partition coefficient (Wildman–Crippen LogP) is 5.38. The van der Waals surface area contributed by atoms with Gasteiger partial charge in [0, 0.05) is 22.5 Å². The van der Waals surface area contributed by atoms with Crippen LogP contribution < -0.4 is 10.2 Å². The number of para-hydroxylation sites is 1. The number of fused-ring (bicyclic) bond motifs is 1. The van der Waals surface area contributed by atoms with E-state index in [9.17, 15) is 4.79 Å². The second-order valence-electron chi connectivity index (χ2n) is 6.91. The Bertz CT molecular complexity index is 993. The van der Waals surface area contributed by atoms with Crippen molar-refractivity contribution in [1.82, 2.24) is 0 Å². The molecular weight excluding hydrogens is 320 g/mol. The second kappa shape index (κ2) is 6.34. The zero-order valence-electron chi connectivity index (χ0n) is 15.3. The van der Waals surface area contributed by atoms with Gasteiger partial charge in [0.15, 0.2) is 0 Å². The van der Waals surface area contributed by atoms with Crippen molar-refractivity contribution >= 4 is 17.3 Å². The Morgan fingerprint density at radius 1 is 0.846 bits per heavy atom. The fourth-order valence-corrected chi connectivity index (χ4v) is 3.66. The van der Waals surface area contributed by atoms with Gasteiger partial charge in [0.2, 0.25) is 0 Å². The molecule has 0 bridgehead atoms. The van der Waals surface area contributed by atoms with Crippen molar-refractivity contribution in [2.45, 2.75) is 26.9 Å². The molecule has 3 nitrogen and oxygen atoms in total. The number of aryl methyl sites for hydroxylation is 3. The van der Waals surface area contributed by atoms with E-state index in [0.29, 0.717) is 0 Å². The molecule has 1 atom stereocenters. The van der Waals surface area contributed by atoms with Crippen LogP contribution >= 0.6 is 0 Å². The number of amides is 1. The SMILES string of the molecule is Cc1ccc(N[C@@H]2c3ccccc3C(=O)N2c2ccccc2C)c(C)c1. The predicted molar refractivity (Wildman–Crippen MR) is 107 cm³/mol. The zero-order chi connectivity index (χ0) is 18.3. The van der Waals surface area contributed by atoms with Crippen LogP contribution in [0.25, 0.3) is 0 Å². The average molecular weight is 342 g/mol. The van der Waals surface area contributed by atoms with Crippen LogP contribution in [0.4, 0.5) is 11.4 Å². The summed E-state index contributed by atoms with van der Waals surface area (Å²) in [5.41, 5.74) is 7.25. The Hall–Kier alpha value is -3.07. The molecule has 0 unspecified atom stereocenters. The van der Waals surface area contributed by atoms with E-state index in [2.05, 4.69) is 37.4 Å². The summed E-state index contributed by atoms with van der Waals surface area (Å²) in [5, 5.41) is 3.60. The summed E-state index contributed by atoms with van der Waals surface area (Å²) in [6.45, 7) is 6.22. The number of nitrogens with zero attached hydrogens (tertiary/aromatic N) is 1. The van der Waals surface area contributed by atoms with Gasteiger partial charge in [0.25, 0.3) is 5.91 Å². The lowest BCUT2D eigenvalue weighted by atomic mass is 10.1. The van der Waals surface area contributed by atoms with E-state index in [1.807, 2.05) is 60.4 Å². The number of benzene rings is 3. The van der Waals surface area contributed by atoms with E-state index < -0.39 is 0 Å². The van der Waals surface area contributed by atoms with Crippen LogP contribution in [0.1, 0.15) is 38.8 Å². The largest absolute Gasteiger partial charge is 0.361 e. The van der Waals surface area contributed by atoms with Gasteiger partial charge in [-0.1, -0.05) is 54.1 Å². The molecule has 0 aromatic heterocycles. The molecule has 0 spiro atoms. The molecule has 0 radical (unpaired) electrons. The van der Waals surface area contributed by atoms with Crippen molar-refractivity contribution in [2.75, 3.05) is 10.2 Å². The van der Waals surface area contributed by atoms with E-state index in [0.717, 1.165) is 28.1 Å². The third-order valence-electron chi connectivity index (χ3n) is 5.01. The topological polar surface area (TPSA) is 32.3 Å². The average Bonchev–Trinajstić information content (AvgIpc) is 2.90. The van der Waals surface area contributed by atoms with Gasteiger partial charge < -0.3 is 5.32 Å². The van der Waals surface area contributed by atoms with Crippen LogP contribution in [0.2, 0.25) is 0 Å². The van der Waals surface area contributed by atoms with Crippen molar-refractivity contribution in [3.05, 3.63) is 94.5 Å². The van der Waals surface area contributed by atoms with Gasteiger partial charge in [0.1, 0.15) is 6.17 Å². The molecule has 3 aromatic rings. The fourth-order valence-electron chi connectivity index (χ4n) is 3.66. The van der Waals surface area contributed by atoms with Crippen LogP contribution in [0.5, 0.6) is 0 Å². The maximum Gasteiger partial charge on any atom is 0.260 e. The molecule has 3 heteroatoms. The number of anilines is 2. The van der Waals surface area contributed by atoms with Crippen molar-refractivity contribution in [2.24, 2.45) is 0 Å². The molecule has 0 saturated heterocycles. The summed E-state index contributed by atoms with van der Waals surface area (Å²) in [6.07, 6.45) is -0.221. The van der Waals surface area contributed by atoms with Crippen LogP contribution in [-0.2, 0) is 0 Å². The Kier molecular flexibility index (Phi) is 4.00. The van der Waals surface area contributed by atoms with Gasteiger partial charge in [0.05, 0.1) is 0 Å². The maximum atomic E-state index is 13.2. The summed E-state index contributed by atoms with van der Waals surface area (Å²) in [4.78, 5) is 15.0. The molecule has 130 valence electrons. The minimum atomic E-state index is -0.221. The third kappa shape index (κ3) is 2.66. The molecule has 4 rings (SSSR count). The van der Waals surface area contributed by atoms with Gasteiger partial charge >= 0.3 is 0 Å². The van der Waals surface area contributed by atoms with Crippen molar-refractivity contribution in [3.8, 4) is 0 Å². The standard InChI is InChI=1S/C23H22N2O/c1-15-12-13-20(17(3)14-15)24-22-18-9-5-6-10-19(18)23(26)25(22)21-11-7-4-8-16(21)2/h4-14,22,24H,1-3H3/t22-/m0/s1. The number of hydrogen-bond donors (Lipinski definition) is 1. The molecule has 1 aliphatic rings. The molecule has 1 aliphatic heterocycles. The first-order valence-electron chi connectivity index (χ1n) is 8.88. The molecule has 1 amide bonds. The molecule has 1 N–H and O–H groups in total. The fraction of sp³-hybridized carbons (Fsp3) is 0.174. The van der Waals surface area contributed by atoms with Gasteiger partial charge in [-0.3, -0.25) is 9.69 Å². The number of rotatable bonds is 3. The molecule has 0 aliphatic carbocycles. The van der Waals surface area contributed by atoms with Crippen LogP contribution in [-0.4, -0.2) is 5.91 Å². The van der Waals surface area contributed by atoms with Crippen molar-refractivity contribution in [3.63, 3.8) is 0 Å². The van der Waals surface area contributed by atoms with Crippen LogP contribution in [0, 0.1) is 20.8 Å². The number of carbonyl (C=O) groups is 1. The Labute approximate surface area is 154 Å². The Morgan fingerprint density at radius 2 is 1.58 bits per heavy atom. The van der Waals surface area contributed by atoms with Crippen LogP contribution in [0.15, 0.2) is 66.7 Å². The molecule has 3 aromatic carbocycles. The summed E-state index contributed by atoms with van der Waals surface area (Å²) in [7, 11) is 0. The summed E-state index contributed by atoms with van der Waals surface area (Å²) in [5.74, 6) is 0.0390. The number of carbonyl (C=O) groups excluding carboxylic acids is 1. The summed E-state index contributed by atoms with van der Waals surface area (Å²) < 4.78 is 0. The van der Waals surface area contributed by atoms with Crippen molar-refractivity contribution < 1.29 is 4.79 Å². The summed E-state index contributed by atoms with van der Waals surface area (Å²) >= 11 is 0. The maximum absolute atomic E-state index is 13.2. The highest BCUT2D eigenvalue weighted by Crippen LogP contribution is 2.39. The molecule has 26 heavy (non-hydrogen) atoms. The molecule has 0 saturated carbocycles. The van der Waals surface area contributed by atoms with Crippen molar-refractivity contribution in [1.29, 1.82) is 0 Å². The smallest absolute Gasteiger partial charge is 0.260 e. The van der Waals surface area contributed by atoms with Gasteiger partial charge in [-0.25, -0.2) is 0 Å². The third-order valence-corrected chi connectivity index (χ3v) is 5.01. The van der Waals surface area contributed by atoms with E-state index in [-0.39, 0.29) is 12.1 Å². The van der Waals surface area contributed by atoms with E-state index >= 15 is 0 Å². The molecule has 1 heterocycles. The molecular formula is C23H22N2O. The first kappa shape index (κ1) is 16.4. The minimum absolute atomic E-state index is 0.0390. The monoisotopic (exact) mass is 342 g/mol. The minimum Gasteiger partial charge on any atom is -0.361 e. The number of hydrogen-bond acceptors (Lipinski definition) is 2. The zero-order valence-corrected chi connectivity index (χ0v) is 15.3. The highest BCUT2D eigenvalue weighted by Gasteiger charge is 2.38. The second-order valence-corrected chi connectivity index (χ2v) is 6.91. The normalized spacial score (nSPS) is 15.9. The van der Waals surface area contributed by atoms with Gasteiger partial charge in [-0.15, -0.1) is 0 Å². The lowest BCUT2D eigenvalue weighted by molar-refractivity contribution is 0.0993. The van der Waals surface area contributed by atoms with E-state index in [4.69, 9.17) is 0 Å². The quantitative estimate of drug-likeness (QED) is 0.693. The highest BCUT2D eigenvalue weighted by atomic mass is 16.2. The summed E-state index contributed by atoms with van der Waals surface area (Å²) in [6, 6.07) is 22.2. The van der Waals surface area contributed by atoms with Gasteiger partial charge in [-0.05, 0) is 50.1 Å². The lowest BCUT2D eigenvalue weighted by Gasteiger charge is -2.29. The van der Waals surface area contributed by atoms with E-state index in [1.54, 1.807) is 0 Å². The Balaban J connectivity index is 1.82. The lowest BCUT2D eigenvalue weighted by Crippen LogP contribution is -2.33. The first-order valence-corrected chi connectivity index (χ1v) is 8.88. The van der Waals surface area contributed by atoms with Gasteiger partial charge in [-0.2, -0.15) is 0 Å². The first-order chi connectivity index (χ1) is 12.6. The number of nitrogens with one attached hydrogen (secondary N) is 1. The van der Waals surface area contributed by atoms with E-state index in [1.165, 1.54) is 11.1 Å². The highest BCUT2D eigenvalue weighted by molar-refractivity contribution is 6.11.